The van der Waals surface area contributed by atoms with E-state index in [9.17, 15) is 13.2 Å². The third-order valence-corrected chi connectivity index (χ3v) is 6.13. The van der Waals surface area contributed by atoms with E-state index in [-0.39, 0.29) is 10.5 Å². The van der Waals surface area contributed by atoms with Crippen molar-refractivity contribution in [1.29, 1.82) is 0 Å². The van der Waals surface area contributed by atoms with Crippen molar-refractivity contribution in [3.8, 4) is 0 Å². The van der Waals surface area contributed by atoms with Crippen LogP contribution in [0.5, 0.6) is 0 Å². The first-order valence-corrected chi connectivity index (χ1v) is 9.73. The molecule has 5 nitrogen and oxygen atoms in total. The van der Waals surface area contributed by atoms with Crippen LogP contribution in [0.15, 0.2) is 64.5 Å². The summed E-state index contributed by atoms with van der Waals surface area (Å²) in [4.78, 5) is 13.1. The quantitative estimate of drug-likeness (QED) is 0.526. The minimum absolute atomic E-state index is 0.164. The molecular formula is C17H15NO4S2. The minimum atomic E-state index is -3.81. The van der Waals surface area contributed by atoms with Crippen molar-refractivity contribution in [3.05, 3.63) is 60.3 Å². The first kappa shape index (κ1) is 16.6. The molecule has 0 radical (unpaired) electrons. The van der Waals surface area contributed by atoms with Crippen molar-refractivity contribution in [2.24, 2.45) is 0 Å². The zero-order chi connectivity index (χ0) is 17.3. The number of hydrogen-bond acceptors (Lipinski definition) is 5. The average molecular weight is 361 g/mol. The number of hydrogen-bond donors (Lipinski definition) is 0. The van der Waals surface area contributed by atoms with Gasteiger partial charge < -0.3 is 4.74 Å². The number of rotatable bonds is 4. The number of nitrogens with zero attached hydrogens (tertiary/aromatic N) is 1. The molecule has 0 unspecified atom stereocenters. The Bertz CT molecular complexity index is 1000. The van der Waals surface area contributed by atoms with E-state index in [0.717, 1.165) is 8.87 Å². The molecule has 0 aliphatic carbocycles. The van der Waals surface area contributed by atoms with Gasteiger partial charge in [-0.2, -0.15) is 0 Å². The van der Waals surface area contributed by atoms with Crippen LogP contribution in [0.4, 0.5) is 0 Å². The molecule has 2 aromatic carbocycles. The lowest BCUT2D eigenvalue weighted by Crippen LogP contribution is -2.12. The van der Waals surface area contributed by atoms with Crippen LogP contribution in [0.1, 0.15) is 10.4 Å². The maximum atomic E-state index is 13.0. The van der Waals surface area contributed by atoms with Crippen LogP contribution in [-0.2, 0) is 14.8 Å². The zero-order valence-corrected chi connectivity index (χ0v) is 14.7. The van der Waals surface area contributed by atoms with Crippen LogP contribution in [0, 0.1) is 0 Å². The number of benzene rings is 2. The van der Waals surface area contributed by atoms with Gasteiger partial charge in [0.05, 0.1) is 23.1 Å². The van der Waals surface area contributed by atoms with Gasteiger partial charge in [-0.3, -0.25) is 0 Å². The second kappa shape index (κ2) is 6.33. The van der Waals surface area contributed by atoms with Gasteiger partial charge in [-0.15, -0.1) is 11.8 Å². The number of ether oxygens (including phenoxy) is 1. The maximum absolute atomic E-state index is 13.0. The first-order chi connectivity index (χ1) is 11.5. The predicted octanol–water partition coefficient (Wildman–Crippen LogP) is 3.39. The number of carbonyl (C=O) groups excluding carboxylic acids is 1. The largest absolute Gasteiger partial charge is 0.465 e. The van der Waals surface area contributed by atoms with Crippen molar-refractivity contribution in [3.63, 3.8) is 0 Å². The molecule has 124 valence electrons. The van der Waals surface area contributed by atoms with Gasteiger partial charge in [-0.1, -0.05) is 18.2 Å². The van der Waals surface area contributed by atoms with Gasteiger partial charge >= 0.3 is 5.97 Å². The predicted molar refractivity (Wildman–Crippen MR) is 94.1 cm³/mol. The van der Waals surface area contributed by atoms with Crippen LogP contribution >= 0.6 is 11.8 Å². The Balaban J connectivity index is 2.22. The molecule has 0 atom stereocenters. The summed E-state index contributed by atoms with van der Waals surface area (Å²) in [5, 5.41) is 0.536. The molecule has 3 rings (SSSR count). The van der Waals surface area contributed by atoms with Crippen LogP contribution in [0.2, 0.25) is 0 Å². The molecule has 1 heterocycles. The van der Waals surface area contributed by atoms with Gasteiger partial charge in [0.1, 0.15) is 0 Å². The summed E-state index contributed by atoms with van der Waals surface area (Å²) in [5.41, 5.74) is 0.657. The van der Waals surface area contributed by atoms with E-state index in [1.807, 2.05) is 6.26 Å². The number of esters is 1. The van der Waals surface area contributed by atoms with Crippen LogP contribution in [-0.4, -0.2) is 31.7 Å². The smallest absolute Gasteiger partial charge is 0.340 e. The third-order valence-electron chi connectivity index (χ3n) is 3.70. The summed E-state index contributed by atoms with van der Waals surface area (Å²) in [5.74, 6) is -0.571. The summed E-state index contributed by atoms with van der Waals surface area (Å²) < 4.78 is 31.8. The van der Waals surface area contributed by atoms with Crippen molar-refractivity contribution in [2.75, 3.05) is 13.4 Å². The summed E-state index contributed by atoms with van der Waals surface area (Å²) in [6, 6.07) is 13.5. The standard InChI is InChI=1S/C17H15NO4S2/c1-22-17(19)15-11-18(16-6-4-3-5-14(15)16)24(20,21)13-9-7-12(23-2)8-10-13/h3-11H,1-2H3. The Morgan fingerprint density at radius 2 is 1.75 bits per heavy atom. The van der Waals surface area contributed by atoms with E-state index in [0.29, 0.717) is 10.9 Å². The Morgan fingerprint density at radius 1 is 1.08 bits per heavy atom. The van der Waals surface area contributed by atoms with Crippen molar-refractivity contribution in [1.82, 2.24) is 3.97 Å². The minimum Gasteiger partial charge on any atom is -0.465 e. The molecule has 7 heteroatoms. The van der Waals surface area contributed by atoms with Crippen molar-refractivity contribution in [2.45, 2.75) is 9.79 Å². The van der Waals surface area contributed by atoms with Crippen LogP contribution < -0.4 is 0 Å². The number of carbonyl (C=O) groups is 1. The van der Waals surface area contributed by atoms with Gasteiger partial charge in [0.15, 0.2) is 0 Å². The Hall–Kier alpha value is -2.25. The van der Waals surface area contributed by atoms with E-state index in [1.165, 1.54) is 25.1 Å². The number of thioether (sulfide) groups is 1. The highest BCUT2D eigenvalue weighted by molar-refractivity contribution is 7.98. The molecule has 0 bridgehead atoms. The molecule has 0 saturated carbocycles. The number of para-hydroxylation sites is 1. The van der Waals surface area contributed by atoms with Gasteiger partial charge in [-0.05, 0) is 36.6 Å². The van der Waals surface area contributed by atoms with E-state index in [2.05, 4.69) is 0 Å². The monoisotopic (exact) mass is 361 g/mol. The fourth-order valence-electron chi connectivity index (χ4n) is 2.48. The Labute approximate surface area is 144 Å². The topological polar surface area (TPSA) is 65.4 Å². The molecule has 1 aromatic heterocycles. The molecule has 0 N–H and O–H groups in total. The lowest BCUT2D eigenvalue weighted by atomic mass is 10.2. The maximum Gasteiger partial charge on any atom is 0.340 e. The molecule has 0 fully saturated rings. The highest BCUT2D eigenvalue weighted by Crippen LogP contribution is 2.27. The van der Waals surface area contributed by atoms with Crippen LogP contribution in [0.3, 0.4) is 0 Å². The summed E-state index contributed by atoms with van der Waals surface area (Å²) in [7, 11) is -2.54. The van der Waals surface area contributed by atoms with Gasteiger partial charge in [0.2, 0.25) is 0 Å². The first-order valence-electron chi connectivity index (χ1n) is 7.07. The number of fused-ring (bicyclic) bond motifs is 1. The lowest BCUT2D eigenvalue weighted by Gasteiger charge is -2.08. The summed E-state index contributed by atoms with van der Waals surface area (Å²) >= 11 is 1.53. The van der Waals surface area contributed by atoms with Crippen LogP contribution in [0.25, 0.3) is 10.9 Å². The van der Waals surface area contributed by atoms with E-state index >= 15 is 0 Å². The molecule has 0 spiro atoms. The van der Waals surface area contributed by atoms with E-state index < -0.39 is 16.0 Å². The highest BCUT2D eigenvalue weighted by Gasteiger charge is 2.23. The molecule has 3 aromatic rings. The van der Waals surface area contributed by atoms with Gasteiger partial charge in [0, 0.05) is 16.5 Å². The fourth-order valence-corrected chi connectivity index (χ4v) is 4.26. The molecular weight excluding hydrogens is 346 g/mol. The lowest BCUT2D eigenvalue weighted by molar-refractivity contribution is 0.0603. The summed E-state index contributed by atoms with van der Waals surface area (Å²) in [6.07, 6.45) is 3.24. The molecule has 24 heavy (non-hydrogen) atoms. The van der Waals surface area contributed by atoms with Crippen molar-refractivity contribution < 1.29 is 17.9 Å². The van der Waals surface area contributed by atoms with Gasteiger partial charge in [-0.25, -0.2) is 17.2 Å². The average Bonchev–Trinajstić information content (AvgIpc) is 3.01. The van der Waals surface area contributed by atoms with E-state index in [1.54, 1.807) is 48.5 Å². The molecule has 0 amide bonds. The zero-order valence-electron chi connectivity index (χ0n) is 13.1. The Kier molecular flexibility index (Phi) is 4.38. The molecule has 0 aliphatic rings. The number of methoxy groups -OCH3 is 1. The number of aromatic nitrogens is 1. The fraction of sp³-hybridized carbons (Fsp3) is 0.118. The van der Waals surface area contributed by atoms with Crippen molar-refractivity contribution >= 4 is 38.7 Å². The highest BCUT2D eigenvalue weighted by atomic mass is 32.2. The second-order valence-electron chi connectivity index (χ2n) is 5.03. The van der Waals surface area contributed by atoms with Gasteiger partial charge in [0.25, 0.3) is 10.0 Å². The summed E-state index contributed by atoms with van der Waals surface area (Å²) in [6.45, 7) is 0. The Morgan fingerprint density at radius 3 is 2.38 bits per heavy atom. The SMILES string of the molecule is COC(=O)c1cn(S(=O)(=O)c2ccc(SC)cc2)c2ccccc12. The normalized spacial score (nSPS) is 11.6. The second-order valence-corrected chi connectivity index (χ2v) is 7.72. The van der Waals surface area contributed by atoms with E-state index in [4.69, 9.17) is 4.74 Å². The molecule has 0 aliphatic heterocycles. The third kappa shape index (κ3) is 2.70. The molecule has 0 saturated heterocycles.